The second-order valence-corrected chi connectivity index (χ2v) is 28.7. The highest BCUT2D eigenvalue weighted by Crippen LogP contribution is 2.48. The molecule has 0 aliphatic rings. The van der Waals surface area contributed by atoms with Crippen LogP contribution in [-0.2, 0) is 14.0 Å². The number of hydrogen-bond donors (Lipinski definition) is 1. The maximum Gasteiger partial charge on any atom is 0.309 e. The summed E-state index contributed by atoms with van der Waals surface area (Å²) < 4.78 is 8.74. The topological polar surface area (TPSA) is 72.6 Å². The molecular weight excluding hydrogens is 425 g/mol. The van der Waals surface area contributed by atoms with E-state index in [0.29, 0.717) is 0 Å². The van der Waals surface area contributed by atoms with Gasteiger partial charge in [-0.3, -0.25) is 9.59 Å². The molecule has 5 nitrogen and oxygen atoms in total. The van der Waals surface area contributed by atoms with E-state index in [9.17, 15) is 9.59 Å². The van der Waals surface area contributed by atoms with E-state index in [1.165, 1.54) is 0 Å². The molecule has 0 fully saturated rings. The minimum Gasteiger partial charge on any atom is -0.518 e. The van der Waals surface area contributed by atoms with Crippen LogP contribution in [0.1, 0.15) is 68.7 Å². The van der Waals surface area contributed by atoms with Crippen molar-refractivity contribution in [2.75, 3.05) is 0 Å². The molecule has 0 saturated heterocycles. The van der Waals surface area contributed by atoms with Crippen LogP contribution in [0.15, 0.2) is 0 Å². The van der Waals surface area contributed by atoms with Crippen LogP contribution in [-0.4, -0.2) is 46.9 Å². The molecule has 0 bridgehead atoms. The van der Waals surface area contributed by atoms with Crippen LogP contribution in [0.5, 0.6) is 0 Å². The number of rotatable bonds is 7. The van der Waals surface area contributed by atoms with Crippen LogP contribution in [0.4, 0.5) is 0 Å². The monoisotopic (exact) mass is 474 g/mol. The van der Waals surface area contributed by atoms with E-state index in [1.54, 1.807) is 0 Å². The summed E-state index contributed by atoms with van der Waals surface area (Å²) in [4.78, 5) is 25.9. The van der Waals surface area contributed by atoms with Crippen molar-refractivity contribution in [3.8, 4) is 0 Å². The largest absolute Gasteiger partial charge is 0.518 e. The summed E-state index contributed by atoms with van der Waals surface area (Å²) in [5, 5.41) is -0.0793. The van der Waals surface area contributed by atoms with E-state index < -0.39 is 36.7 Å². The Bertz CT molecular complexity index is 613. The lowest BCUT2D eigenvalue weighted by Gasteiger charge is -2.59. The van der Waals surface area contributed by atoms with Crippen molar-refractivity contribution in [2.45, 2.75) is 129 Å². The highest BCUT2D eigenvalue weighted by Gasteiger charge is 2.56. The van der Waals surface area contributed by atoms with Crippen LogP contribution in [0.2, 0.25) is 54.4 Å². The van der Waals surface area contributed by atoms with Gasteiger partial charge in [0.25, 0.3) is 8.32 Å². The Hall–Kier alpha value is -0.449. The molecule has 0 radical (unpaired) electrons. The number of carbonyl (C=O) groups excluding carboxylic acids is 2. The van der Waals surface area contributed by atoms with Crippen molar-refractivity contribution in [1.29, 1.82) is 0 Å². The van der Waals surface area contributed by atoms with Gasteiger partial charge in [0.15, 0.2) is 0 Å². The predicted molar refractivity (Wildman–Crippen MR) is 137 cm³/mol. The lowest BCUT2D eigenvalue weighted by Crippen LogP contribution is -2.73. The Balaban J connectivity index is 6.76. The summed E-state index contributed by atoms with van der Waals surface area (Å²) in [7, 11) is -6.72. The zero-order chi connectivity index (χ0) is 24.7. The molecule has 0 aromatic heterocycles. The molecule has 0 spiro atoms. The predicted octanol–water partition coefficient (Wildman–Crippen LogP) is 6.09. The standard InChI is InChI=1S/C22H50N2O3Si3/c1-20(2,3)28(10,11)24(29(12,13)21(4,5)6)17(16-18(23)25)19(26)27-30(14,15)22(7,8)9/h17H,16H2,1-15H3,(H2,23,25)/t17-/m0/s1. The molecule has 8 heteroatoms. The number of primary amides is 1. The molecule has 0 aromatic rings. The van der Waals surface area contributed by atoms with Crippen molar-refractivity contribution in [3.05, 3.63) is 0 Å². The Labute approximate surface area is 189 Å². The molecule has 0 unspecified atom stereocenters. The van der Waals surface area contributed by atoms with Gasteiger partial charge < -0.3 is 14.4 Å². The summed E-state index contributed by atoms with van der Waals surface area (Å²) in [6.07, 6.45) is 0.00642. The second kappa shape index (κ2) is 8.83. The molecule has 1 atom stereocenters. The van der Waals surface area contributed by atoms with Crippen molar-refractivity contribution < 1.29 is 14.0 Å². The lowest BCUT2D eigenvalue weighted by molar-refractivity contribution is -0.141. The van der Waals surface area contributed by atoms with Gasteiger partial charge in [-0.2, -0.15) is 0 Å². The van der Waals surface area contributed by atoms with Gasteiger partial charge in [-0.25, -0.2) is 0 Å². The van der Waals surface area contributed by atoms with Crippen LogP contribution in [0, 0.1) is 0 Å². The number of carbonyl (C=O) groups is 2. The molecule has 0 aromatic carbocycles. The summed E-state index contributed by atoms with van der Waals surface area (Å²) in [5.74, 6) is -0.718. The lowest BCUT2D eigenvalue weighted by atomic mass is 10.2. The Kier molecular flexibility index (Phi) is 8.69. The van der Waals surface area contributed by atoms with Gasteiger partial charge in [-0.05, 0) is 28.2 Å². The second-order valence-electron chi connectivity index (χ2n) is 13.4. The van der Waals surface area contributed by atoms with Gasteiger partial charge >= 0.3 is 5.97 Å². The van der Waals surface area contributed by atoms with Crippen LogP contribution >= 0.6 is 0 Å². The van der Waals surface area contributed by atoms with Gasteiger partial charge in [0.05, 0.1) is 6.42 Å². The molecule has 178 valence electrons. The van der Waals surface area contributed by atoms with Crippen molar-refractivity contribution in [2.24, 2.45) is 5.73 Å². The van der Waals surface area contributed by atoms with E-state index in [2.05, 4.69) is 106 Å². The third-order valence-corrected chi connectivity index (χ3v) is 26.1. The van der Waals surface area contributed by atoms with Crippen molar-refractivity contribution in [1.82, 2.24) is 4.23 Å². The third-order valence-electron chi connectivity index (χ3n) is 8.02. The molecule has 2 N–H and O–H groups in total. The Morgan fingerprint density at radius 3 is 1.33 bits per heavy atom. The summed E-state index contributed by atoms with van der Waals surface area (Å²) >= 11 is 0. The van der Waals surface area contributed by atoms with Crippen LogP contribution in [0.3, 0.4) is 0 Å². The fourth-order valence-corrected chi connectivity index (χ4v) is 15.1. The third kappa shape index (κ3) is 6.29. The van der Waals surface area contributed by atoms with Crippen molar-refractivity contribution >= 4 is 36.7 Å². The minimum absolute atomic E-state index is 0.00642. The minimum atomic E-state index is -2.34. The average molecular weight is 475 g/mol. The molecule has 0 rings (SSSR count). The van der Waals surface area contributed by atoms with E-state index in [0.717, 1.165) is 0 Å². The smallest absolute Gasteiger partial charge is 0.309 e. The quantitative estimate of drug-likeness (QED) is 0.453. The highest BCUT2D eigenvalue weighted by molar-refractivity contribution is 6.93. The number of nitrogens with two attached hydrogens (primary N) is 1. The van der Waals surface area contributed by atoms with E-state index in [1.807, 2.05) is 0 Å². The van der Waals surface area contributed by atoms with E-state index in [4.69, 9.17) is 10.2 Å². The maximum atomic E-state index is 13.7. The maximum absolute atomic E-state index is 13.7. The summed E-state index contributed by atoms with van der Waals surface area (Å²) in [5.41, 5.74) is 5.69. The van der Waals surface area contributed by atoms with Gasteiger partial charge in [0, 0.05) is 0 Å². The molecular formula is C22H50N2O3Si3. The Morgan fingerprint density at radius 2 is 1.10 bits per heavy atom. The fourth-order valence-electron chi connectivity index (χ4n) is 3.14. The first kappa shape index (κ1) is 29.6. The van der Waals surface area contributed by atoms with Gasteiger partial charge in [0.2, 0.25) is 5.91 Å². The van der Waals surface area contributed by atoms with E-state index >= 15 is 0 Å². The normalized spacial score (nSPS) is 15.9. The zero-order valence-corrected chi connectivity index (χ0v) is 25.5. The molecule has 0 aliphatic heterocycles. The number of hydrogen-bond acceptors (Lipinski definition) is 4. The molecule has 30 heavy (non-hydrogen) atoms. The van der Waals surface area contributed by atoms with Gasteiger partial charge in [-0.1, -0.05) is 88.5 Å². The fraction of sp³-hybridized carbons (Fsp3) is 0.909. The van der Waals surface area contributed by atoms with Crippen LogP contribution < -0.4 is 5.73 Å². The SMILES string of the molecule is CC(C)(C)[Si](C)(C)OC(=O)[C@H](CC(N)=O)N([Si](C)(C)C(C)(C)C)[Si](C)(C)C(C)(C)C. The number of nitrogens with zero attached hydrogens (tertiary/aromatic N) is 1. The first-order valence-corrected chi connectivity index (χ1v) is 19.9. The number of amides is 1. The first-order valence-electron chi connectivity index (χ1n) is 11.1. The highest BCUT2D eigenvalue weighted by atomic mass is 28.4. The zero-order valence-electron chi connectivity index (χ0n) is 22.5. The summed E-state index contributed by atoms with van der Waals surface area (Å²) in [6.45, 7) is 33.3. The summed E-state index contributed by atoms with van der Waals surface area (Å²) in [6, 6.07) is -0.626. The van der Waals surface area contributed by atoms with Gasteiger partial charge in [-0.15, -0.1) is 0 Å². The molecule has 1 amide bonds. The first-order chi connectivity index (χ1) is 12.8. The van der Waals surface area contributed by atoms with Crippen molar-refractivity contribution in [3.63, 3.8) is 0 Å². The van der Waals surface area contributed by atoms with Crippen LogP contribution in [0.25, 0.3) is 0 Å². The molecule has 0 aliphatic carbocycles. The molecule has 0 saturated carbocycles. The Morgan fingerprint density at radius 1 is 0.767 bits per heavy atom. The van der Waals surface area contributed by atoms with Gasteiger partial charge in [0.1, 0.15) is 22.5 Å². The average Bonchev–Trinajstić information content (AvgIpc) is 2.41. The van der Waals surface area contributed by atoms with E-state index in [-0.39, 0.29) is 27.5 Å². The molecule has 0 heterocycles.